The van der Waals surface area contributed by atoms with Crippen LogP contribution < -0.4 is 0 Å². The van der Waals surface area contributed by atoms with E-state index in [1.54, 1.807) is 0 Å². The molecule has 1 aliphatic heterocycles. The lowest BCUT2D eigenvalue weighted by Gasteiger charge is -2.11. The smallest absolute Gasteiger partial charge is 0.413 e. The molecular weight excluding hydrogens is 169 g/mol. The molecule has 0 amide bonds. The fourth-order valence-corrected chi connectivity index (χ4v) is 1.07. The van der Waals surface area contributed by atoms with Crippen LogP contribution in [0, 0.1) is 0 Å². The molecule has 0 aromatic heterocycles. The molecule has 1 saturated heterocycles. The maximum absolute atomic E-state index is 5.18. The summed E-state index contributed by atoms with van der Waals surface area (Å²) in [4.78, 5) is 2.20. The van der Waals surface area contributed by atoms with Crippen molar-refractivity contribution >= 4 is 7.69 Å². The lowest BCUT2D eigenvalue weighted by molar-refractivity contribution is 0.124. The first-order chi connectivity index (χ1) is 6.43. The second-order valence-corrected chi connectivity index (χ2v) is 2.99. The number of ether oxygens (including phenoxy) is 1. The van der Waals surface area contributed by atoms with Gasteiger partial charge in [-0.25, -0.2) is 0 Å². The molecule has 75 valence electrons. The predicted octanol–water partition coefficient (Wildman–Crippen LogP) is 0.254. The van der Waals surface area contributed by atoms with Crippen molar-refractivity contribution in [3.63, 3.8) is 0 Å². The third-order valence-corrected chi connectivity index (χ3v) is 1.81. The molecule has 0 aromatic rings. The van der Waals surface area contributed by atoms with Crippen molar-refractivity contribution < 1.29 is 14.0 Å². The largest absolute Gasteiger partial charge is 0.488 e. The van der Waals surface area contributed by atoms with Crippen LogP contribution in [0.2, 0.25) is 0 Å². The normalized spacial score (nSPS) is 17.9. The lowest BCUT2D eigenvalue weighted by Crippen LogP contribution is -2.25. The summed E-state index contributed by atoms with van der Waals surface area (Å²) in [6.07, 6.45) is 1.01. The van der Waals surface area contributed by atoms with Gasteiger partial charge in [0, 0.05) is 26.3 Å². The predicted molar refractivity (Wildman–Crippen MR) is 50.3 cm³/mol. The van der Waals surface area contributed by atoms with E-state index in [0.717, 1.165) is 39.5 Å². The molecule has 0 unspecified atom stereocenters. The standard InChI is InChI=1S/C8H17BNO3/c1-2-5-12-9-13-7-4-10-3-6-11-8-10/h2-8H2,1H3. The monoisotopic (exact) mass is 186 g/mol. The van der Waals surface area contributed by atoms with Gasteiger partial charge in [-0.3, -0.25) is 4.90 Å². The Balaban J connectivity index is 1.78. The molecule has 1 heterocycles. The zero-order valence-electron chi connectivity index (χ0n) is 8.20. The highest BCUT2D eigenvalue weighted by Crippen LogP contribution is 1.97. The Morgan fingerprint density at radius 2 is 2.23 bits per heavy atom. The third-order valence-electron chi connectivity index (χ3n) is 1.81. The van der Waals surface area contributed by atoms with E-state index in [1.807, 2.05) is 0 Å². The SMILES string of the molecule is CCCO[B]OCCN1CCOC1. The average molecular weight is 186 g/mol. The summed E-state index contributed by atoms with van der Waals surface area (Å²) in [6, 6.07) is 0. The topological polar surface area (TPSA) is 30.9 Å². The van der Waals surface area contributed by atoms with Crippen molar-refractivity contribution in [2.75, 3.05) is 39.6 Å². The molecule has 0 N–H and O–H groups in total. The van der Waals surface area contributed by atoms with E-state index < -0.39 is 0 Å². The van der Waals surface area contributed by atoms with Gasteiger partial charge < -0.3 is 14.0 Å². The molecule has 0 spiro atoms. The van der Waals surface area contributed by atoms with Gasteiger partial charge in [0.2, 0.25) is 0 Å². The van der Waals surface area contributed by atoms with E-state index in [9.17, 15) is 0 Å². The number of hydrogen-bond donors (Lipinski definition) is 0. The van der Waals surface area contributed by atoms with E-state index in [1.165, 1.54) is 7.69 Å². The molecular formula is C8H17BNO3. The molecule has 0 atom stereocenters. The summed E-state index contributed by atoms with van der Waals surface area (Å²) in [5.41, 5.74) is 0. The van der Waals surface area contributed by atoms with Crippen molar-refractivity contribution in [1.82, 2.24) is 4.90 Å². The minimum absolute atomic E-state index is 0.674. The molecule has 0 bridgehead atoms. The molecule has 5 heteroatoms. The zero-order valence-corrected chi connectivity index (χ0v) is 8.20. The molecule has 13 heavy (non-hydrogen) atoms. The number of rotatable bonds is 7. The first-order valence-electron chi connectivity index (χ1n) is 4.78. The fraction of sp³-hybridized carbons (Fsp3) is 1.00. The zero-order chi connectivity index (χ0) is 9.36. The van der Waals surface area contributed by atoms with Crippen LogP contribution in [0.5, 0.6) is 0 Å². The van der Waals surface area contributed by atoms with Crippen LogP contribution in [0.15, 0.2) is 0 Å². The van der Waals surface area contributed by atoms with Crippen LogP contribution in [0.3, 0.4) is 0 Å². The lowest BCUT2D eigenvalue weighted by atomic mass is 10.4. The van der Waals surface area contributed by atoms with Crippen LogP contribution in [0.4, 0.5) is 0 Å². The highest BCUT2D eigenvalue weighted by Gasteiger charge is 2.10. The molecule has 4 nitrogen and oxygen atoms in total. The Kier molecular flexibility index (Phi) is 6.19. The number of hydrogen-bond acceptors (Lipinski definition) is 4. The number of nitrogens with zero attached hydrogens (tertiary/aromatic N) is 1. The molecule has 1 aliphatic rings. The Labute approximate surface area is 80.4 Å². The second-order valence-electron chi connectivity index (χ2n) is 2.99. The van der Waals surface area contributed by atoms with Crippen LogP contribution in [-0.4, -0.2) is 52.2 Å². The quantitative estimate of drug-likeness (QED) is 0.421. The highest BCUT2D eigenvalue weighted by molar-refractivity contribution is 6.17. The second kappa shape index (κ2) is 7.32. The van der Waals surface area contributed by atoms with Gasteiger partial charge >= 0.3 is 7.69 Å². The third kappa shape index (κ3) is 5.26. The van der Waals surface area contributed by atoms with E-state index in [-0.39, 0.29) is 0 Å². The van der Waals surface area contributed by atoms with Gasteiger partial charge in [0.15, 0.2) is 0 Å². The van der Waals surface area contributed by atoms with Crippen LogP contribution in [0.25, 0.3) is 0 Å². The van der Waals surface area contributed by atoms with Crippen LogP contribution >= 0.6 is 0 Å². The molecule has 0 aliphatic carbocycles. The van der Waals surface area contributed by atoms with Crippen molar-refractivity contribution in [3.8, 4) is 0 Å². The molecule has 1 radical (unpaired) electrons. The average Bonchev–Trinajstić information content (AvgIpc) is 2.63. The van der Waals surface area contributed by atoms with Crippen molar-refractivity contribution in [2.45, 2.75) is 13.3 Å². The fourth-order valence-electron chi connectivity index (χ4n) is 1.07. The Morgan fingerprint density at radius 3 is 2.92 bits per heavy atom. The maximum Gasteiger partial charge on any atom is 0.488 e. The van der Waals surface area contributed by atoms with E-state index in [2.05, 4.69) is 11.8 Å². The van der Waals surface area contributed by atoms with Crippen molar-refractivity contribution in [1.29, 1.82) is 0 Å². The molecule has 0 aromatic carbocycles. The summed E-state index contributed by atoms with van der Waals surface area (Å²) in [7, 11) is 1.43. The van der Waals surface area contributed by atoms with Crippen LogP contribution in [0.1, 0.15) is 13.3 Å². The van der Waals surface area contributed by atoms with E-state index in [0.29, 0.717) is 6.61 Å². The molecule has 1 fully saturated rings. The Hall–Kier alpha value is -0.0951. The van der Waals surface area contributed by atoms with E-state index in [4.69, 9.17) is 14.0 Å². The van der Waals surface area contributed by atoms with Gasteiger partial charge in [-0.1, -0.05) is 6.92 Å². The van der Waals surface area contributed by atoms with Gasteiger partial charge in [-0.2, -0.15) is 0 Å². The van der Waals surface area contributed by atoms with Gasteiger partial charge in [-0.15, -0.1) is 0 Å². The van der Waals surface area contributed by atoms with Gasteiger partial charge in [0.05, 0.1) is 13.3 Å². The van der Waals surface area contributed by atoms with Gasteiger partial charge in [0.1, 0.15) is 0 Å². The summed E-state index contributed by atoms with van der Waals surface area (Å²) < 4.78 is 15.4. The first kappa shape index (κ1) is 11.0. The van der Waals surface area contributed by atoms with E-state index >= 15 is 0 Å². The maximum atomic E-state index is 5.18. The highest BCUT2D eigenvalue weighted by atomic mass is 16.6. The first-order valence-corrected chi connectivity index (χ1v) is 4.78. The summed E-state index contributed by atoms with van der Waals surface area (Å²) >= 11 is 0. The molecule has 0 saturated carbocycles. The summed E-state index contributed by atoms with van der Waals surface area (Å²) in [6.45, 7) is 6.97. The van der Waals surface area contributed by atoms with Gasteiger partial charge in [0.25, 0.3) is 0 Å². The van der Waals surface area contributed by atoms with Gasteiger partial charge in [-0.05, 0) is 6.42 Å². The Morgan fingerprint density at radius 1 is 1.38 bits per heavy atom. The minimum atomic E-state index is 0.674. The van der Waals surface area contributed by atoms with Crippen LogP contribution in [-0.2, 0) is 14.0 Å². The minimum Gasteiger partial charge on any atom is -0.413 e. The molecule has 1 rings (SSSR count). The van der Waals surface area contributed by atoms with Crippen molar-refractivity contribution in [3.05, 3.63) is 0 Å². The summed E-state index contributed by atoms with van der Waals surface area (Å²) in [5.74, 6) is 0. The van der Waals surface area contributed by atoms with Crippen molar-refractivity contribution in [2.24, 2.45) is 0 Å². The Bertz CT molecular complexity index is 120. The summed E-state index contributed by atoms with van der Waals surface area (Å²) in [5, 5.41) is 0.